The number of ether oxygens (including phenoxy) is 1. The second-order valence-electron chi connectivity index (χ2n) is 3.10. The van der Waals surface area contributed by atoms with E-state index in [1.54, 1.807) is 26.2 Å². The molecule has 0 saturated heterocycles. The standard InChI is InChI=1S/C10H15NO3S/c1-3-15(12,13)11-10-7-5-4-6-9(10)8-14-2/h4-7,11H,3,8H2,1-2H3. The number of methoxy groups -OCH3 is 1. The predicted molar refractivity (Wildman–Crippen MR) is 60.2 cm³/mol. The molecule has 84 valence electrons. The molecule has 0 fully saturated rings. The summed E-state index contributed by atoms with van der Waals surface area (Å²) in [5.41, 5.74) is 1.42. The molecule has 15 heavy (non-hydrogen) atoms. The van der Waals surface area contributed by atoms with E-state index in [1.807, 2.05) is 12.1 Å². The molecular formula is C10H15NO3S. The highest BCUT2D eigenvalue weighted by atomic mass is 32.2. The van der Waals surface area contributed by atoms with Crippen LogP contribution in [0.1, 0.15) is 12.5 Å². The van der Waals surface area contributed by atoms with E-state index < -0.39 is 10.0 Å². The number of para-hydroxylation sites is 1. The number of nitrogens with one attached hydrogen (secondary N) is 1. The molecular weight excluding hydrogens is 214 g/mol. The van der Waals surface area contributed by atoms with Crippen molar-refractivity contribution < 1.29 is 13.2 Å². The molecule has 4 nitrogen and oxygen atoms in total. The molecule has 0 radical (unpaired) electrons. The van der Waals surface area contributed by atoms with Gasteiger partial charge in [0.1, 0.15) is 0 Å². The normalized spacial score (nSPS) is 11.3. The summed E-state index contributed by atoms with van der Waals surface area (Å²) in [5, 5.41) is 0. The molecule has 0 heterocycles. The molecule has 0 aliphatic carbocycles. The third kappa shape index (κ3) is 3.53. The number of sulfonamides is 1. The number of benzene rings is 1. The van der Waals surface area contributed by atoms with Gasteiger partial charge in [-0.05, 0) is 13.0 Å². The minimum Gasteiger partial charge on any atom is -0.380 e. The van der Waals surface area contributed by atoms with Crippen LogP contribution in [0.25, 0.3) is 0 Å². The zero-order chi connectivity index (χ0) is 11.3. The molecule has 1 N–H and O–H groups in total. The van der Waals surface area contributed by atoms with E-state index in [-0.39, 0.29) is 5.75 Å². The summed E-state index contributed by atoms with van der Waals surface area (Å²) in [6, 6.07) is 7.18. The second-order valence-corrected chi connectivity index (χ2v) is 5.11. The van der Waals surface area contributed by atoms with Gasteiger partial charge in [-0.15, -0.1) is 0 Å². The molecule has 5 heteroatoms. The van der Waals surface area contributed by atoms with Crippen molar-refractivity contribution in [1.82, 2.24) is 0 Å². The lowest BCUT2D eigenvalue weighted by Crippen LogP contribution is -2.15. The van der Waals surface area contributed by atoms with Gasteiger partial charge in [0, 0.05) is 12.7 Å². The van der Waals surface area contributed by atoms with Crippen LogP contribution in [0.15, 0.2) is 24.3 Å². The molecule has 0 aliphatic heterocycles. The number of hydrogen-bond donors (Lipinski definition) is 1. The van der Waals surface area contributed by atoms with Crippen LogP contribution >= 0.6 is 0 Å². The molecule has 0 atom stereocenters. The molecule has 1 aromatic rings. The van der Waals surface area contributed by atoms with Crippen LogP contribution in [-0.4, -0.2) is 21.3 Å². The van der Waals surface area contributed by atoms with Crippen molar-refractivity contribution in [3.05, 3.63) is 29.8 Å². The summed E-state index contributed by atoms with van der Waals surface area (Å²) in [6.45, 7) is 1.99. The van der Waals surface area contributed by atoms with Gasteiger partial charge in [-0.25, -0.2) is 8.42 Å². The van der Waals surface area contributed by atoms with Crippen molar-refractivity contribution >= 4 is 15.7 Å². The minimum absolute atomic E-state index is 0.0638. The fourth-order valence-electron chi connectivity index (χ4n) is 1.14. The van der Waals surface area contributed by atoms with E-state index in [9.17, 15) is 8.42 Å². The summed E-state index contributed by atoms with van der Waals surface area (Å²) in [4.78, 5) is 0. The fraction of sp³-hybridized carbons (Fsp3) is 0.400. The Balaban J connectivity index is 2.94. The first-order valence-corrected chi connectivity index (χ1v) is 6.31. The largest absolute Gasteiger partial charge is 0.380 e. The number of rotatable bonds is 5. The van der Waals surface area contributed by atoms with Crippen molar-refractivity contribution in [2.45, 2.75) is 13.5 Å². The first-order valence-electron chi connectivity index (χ1n) is 4.66. The van der Waals surface area contributed by atoms with Crippen molar-refractivity contribution in [1.29, 1.82) is 0 Å². The Morgan fingerprint density at radius 1 is 1.33 bits per heavy atom. The van der Waals surface area contributed by atoms with Crippen molar-refractivity contribution in [3.8, 4) is 0 Å². The van der Waals surface area contributed by atoms with Gasteiger partial charge in [0.25, 0.3) is 0 Å². The molecule has 0 unspecified atom stereocenters. The topological polar surface area (TPSA) is 55.4 Å². The van der Waals surface area contributed by atoms with E-state index in [2.05, 4.69) is 4.72 Å². The number of hydrogen-bond acceptors (Lipinski definition) is 3. The molecule has 0 amide bonds. The zero-order valence-corrected chi connectivity index (χ0v) is 9.67. The minimum atomic E-state index is -3.22. The summed E-state index contributed by atoms with van der Waals surface area (Å²) < 4.78 is 30.2. The average Bonchev–Trinajstić information content (AvgIpc) is 2.21. The SMILES string of the molecule is CCS(=O)(=O)Nc1ccccc1COC. The molecule has 0 spiro atoms. The van der Waals surface area contributed by atoms with E-state index in [0.717, 1.165) is 5.56 Å². The Labute approximate surface area is 90.3 Å². The molecule has 1 rings (SSSR count). The van der Waals surface area contributed by atoms with Crippen molar-refractivity contribution in [3.63, 3.8) is 0 Å². The lowest BCUT2D eigenvalue weighted by atomic mass is 10.2. The van der Waals surface area contributed by atoms with Gasteiger partial charge in [0.15, 0.2) is 0 Å². The number of anilines is 1. The Hall–Kier alpha value is -1.07. The zero-order valence-electron chi connectivity index (χ0n) is 8.86. The second kappa shape index (κ2) is 5.14. The van der Waals surface area contributed by atoms with Gasteiger partial charge in [-0.2, -0.15) is 0 Å². The first kappa shape index (κ1) is 12.0. The Bertz CT molecular complexity index is 414. The van der Waals surface area contributed by atoms with Crippen LogP contribution in [0.4, 0.5) is 5.69 Å². The van der Waals surface area contributed by atoms with E-state index >= 15 is 0 Å². The van der Waals surface area contributed by atoms with Crippen molar-refractivity contribution in [2.24, 2.45) is 0 Å². The predicted octanol–water partition coefficient (Wildman–Crippen LogP) is 1.59. The van der Waals surface area contributed by atoms with Crippen LogP contribution in [0.5, 0.6) is 0 Å². The maximum Gasteiger partial charge on any atom is 0.232 e. The van der Waals surface area contributed by atoms with Gasteiger partial charge < -0.3 is 4.74 Å². The third-order valence-electron chi connectivity index (χ3n) is 1.96. The summed E-state index contributed by atoms with van der Waals surface area (Å²) in [6.07, 6.45) is 0. The highest BCUT2D eigenvalue weighted by Crippen LogP contribution is 2.17. The Morgan fingerprint density at radius 2 is 2.00 bits per heavy atom. The smallest absolute Gasteiger partial charge is 0.232 e. The van der Waals surface area contributed by atoms with Crippen LogP contribution in [0.2, 0.25) is 0 Å². The highest BCUT2D eigenvalue weighted by molar-refractivity contribution is 7.92. The highest BCUT2D eigenvalue weighted by Gasteiger charge is 2.09. The van der Waals surface area contributed by atoms with E-state index in [1.165, 1.54) is 0 Å². The van der Waals surface area contributed by atoms with Crippen LogP contribution < -0.4 is 4.72 Å². The quantitative estimate of drug-likeness (QED) is 0.834. The summed E-state index contributed by atoms with van der Waals surface area (Å²) >= 11 is 0. The lowest BCUT2D eigenvalue weighted by molar-refractivity contribution is 0.185. The molecule has 0 saturated carbocycles. The van der Waals surface area contributed by atoms with Crippen LogP contribution in [0, 0.1) is 0 Å². The maximum atomic E-state index is 11.4. The Kier molecular flexibility index (Phi) is 4.11. The fourth-order valence-corrected chi connectivity index (χ4v) is 1.82. The van der Waals surface area contributed by atoms with E-state index in [0.29, 0.717) is 12.3 Å². The van der Waals surface area contributed by atoms with Crippen molar-refractivity contribution in [2.75, 3.05) is 17.6 Å². The van der Waals surface area contributed by atoms with Gasteiger partial charge >= 0.3 is 0 Å². The van der Waals surface area contributed by atoms with Crippen LogP contribution in [-0.2, 0) is 21.4 Å². The molecule has 0 bridgehead atoms. The van der Waals surface area contributed by atoms with Gasteiger partial charge in [0.05, 0.1) is 18.0 Å². The maximum absolute atomic E-state index is 11.4. The molecule has 1 aromatic carbocycles. The lowest BCUT2D eigenvalue weighted by Gasteiger charge is -2.10. The summed E-state index contributed by atoms with van der Waals surface area (Å²) in [7, 11) is -1.64. The Morgan fingerprint density at radius 3 is 2.60 bits per heavy atom. The van der Waals surface area contributed by atoms with E-state index in [4.69, 9.17) is 4.74 Å². The van der Waals surface area contributed by atoms with Gasteiger partial charge in [-0.1, -0.05) is 18.2 Å². The molecule has 0 aliphatic rings. The monoisotopic (exact) mass is 229 g/mol. The third-order valence-corrected chi connectivity index (χ3v) is 3.25. The van der Waals surface area contributed by atoms with Gasteiger partial charge in [0.2, 0.25) is 10.0 Å². The average molecular weight is 229 g/mol. The molecule has 0 aromatic heterocycles. The van der Waals surface area contributed by atoms with Gasteiger partial charge in [-0.3, -0.25) is 4.72 Å². The summed E-state index contributed by atoms with van der Waals surface area (Å²) in [5.74, 6) is 0.0638. The van der Waals surface area contributed by atoms with Crippen LogP contribution in [0.3, 0.4) is 0 Å². The first-order chi connectivity index (χ1) is 7.09.